The van der Waals surface area contributed by atoms with Crippen molar-refractivity contribution in [2.45, 2.75) is 12.8 Å². The molecule has 0 spiro atoms. The zero-order chi connectivity index (χ0) is 15.8. The Morgan fingerprint density at radius 3 is 3.00 bits per heavy atom. The number of hydrazine groups is 1. The van der Waals surface area contributed by atoms with Crippen LogP contribution in [0.25, 0.3) is 0 Å². The summed E-state index contributed by atoms with van der Waals surface area (Å²) in [6.45, 7) is 0. The van der Waals surface area contributed by atoms with Gasteiger partial charge in [-0.1, -0.05) is 28.1 Å². The van der Waals surface area contributed by atoms with E-state index in [0.29, 0.717) is 16.8 Å². The molecule has 1 aliphatic carbocycles. The number of methoxy groups -OCH3 is 1. The molecule has 2 aromatic rings. The summed E-state index contributed by atoms with van der Waals surface area (Å²) >= 11 is 6.45. The van der Waals surface area contributed by atoms with Gasteiger partial charge in [0.25, 0.3) is 5.69 Å². The van der Waals surface area contributed by atoms with E-state index >= 15 is 0 Å². The molecule has 5 heteroatoms. The lowest BCUT2D eigenvalue weighted by Gasteiger charge is -2.18. The third-order valence-corrected chi connectivity index (χ3v) is 4.27. The van der Waals surface area contributed by atoms with Gasteiger partial charge in [0.2, 0.25) is 5.88 Å². The molecule has 1 aromatic carbocycles. The van der Waals surface area contributed by atoms with Crippen LogP contribution in [0.4, 0.5) is 11.4 Å². The Morgan fingerprint density at radius 1 is 1.35 bits per heavy atom. The van der Waals surface area contributed by atoms with Crippen molar-refractivity contribution < 1.29 is 9.42 Å². The maximum Gasteiger partial charge on any atom is 0.265 e. The number of benzene rings is 1. The van der Waals surface area contributed by atoms with E-state index in [1.54, 1.807) is 19.4 Å². The van der Waals surface area contributed by atoms with Crippen molar-refractivity contribution in [2.24, 2.45) is 5.92 Å². The molecule has 0 unspecified atom stereocenters. The summed E-state index contributed by atoms with van der Waals surface area (Å²) in [5.41, 5.74) is 6.97. The molecule has 1 N–H and O–H groups in total. The van der Waals surface area contributed by atoms with E-state index in [-0.39, 0.29) is 0 Å². The molecule has 0 saturated heterocycles. The predicted octanol–water partition coefficient (Wildman–Crippen LogP) is 3.61. The summed E-state index contributed by atoms with van der Waals surface area (Å²) in [5.74, 6) is 7.47. The molecule has 0 amide bonds. The highest BCUT2D eigenvalue weighted by Gasteiger charge is 2.35. The first-order valence-corrected chi connectivity index (χ1v) is 7.88. The minimum atomic E-state index is 0.549. The molecule has 4 rings (SSSR count). The van der Waals surface area contributed by atoms with E-state index in [9.17, 15) is 0 Å². The average molecular weight is 325 g/mol. The SMILES string of the molecule is COc1cc(C#Cc2ccc3c(c2Cl)N[N+]3=CC2CC2)ccn1. The standard InChI is InChI=1S/C18H15ClN3O/c1-23-16-10-12(8-9-20-16)4-5-14-6-7-15-18(17(14)19)21-22(15)11-13-2-3-13/h6-11,13,21H,2-3H2,1H3/q+1. The van der Waals surface area contributed by atoms with Crippen LogP contribution in [0.15, 0.2) is 30.5 Å². The third-order valence-electron chi connectivity index (χ3n) is 3.88. The molecule has 4 nitrogen and oxygen atoms in total. The number of ether oxygens (including phenoxy) is 1. The Hall–Kier alpha value is -2.51. The molecule has 114 valence electrons. The van der Waals surface area contributed by atoms with Gasteiger partial charge in [0, 0.05) is 35.4 Å². The van der Waals surface area contributed by atoms with Gasteiger partial charge in [-0.2, -0.15) is 5.43 Å². The molecule has 1 aromatic heterocycles. The van der Waals surface area contributed by atoms with E-state index in [2.05, 4.69) is 28.5 Å². The van der Waals surface area contributed by atoms with Crippen molar-refractivity contribution in [1.82, 2.24) is 4.98 Å². The topological polar surface area (TPSA) is 37.2 Å². The molecule has 1 aliphatic heterocycles. The number of fused-ring (bicyclic) bond motifs is 1. The number of nitrogens with zero attached hydrogens (tertiary/aromatic N) is 2. The first-order chi connectivity index (χ1) is 11.2. The summed E-state index contributed by atoms with van der Waals surface area (Å²) in [7, 11) is 1.59. The van der Waals surface area contributed by atoms with Crippen LogP contribution in [0.3, 0.4) is 0 Å². The van der Waals surface area contributed by atoms with Crippen molar-refractivity contribution in [2.75, 3.05) is 12.5 Å². The molecule has 0 radical (unpaired) electrons. The quantitative estimate of drug-likeness (QED) is 0.677. The molecule has 23 heavy (non-hydrogen) atoms. The fourth-order valence-corrected chi connectivity index (χ4v) is 2.66. The van der Waals surface area contributed by atoms with Gasteiger partial charge in [0.15, 0.2) is 11.9 Å². The number of halogens is 1. The zero-order valence-corrected chi connectivity index (χ0v) is 13.4. The maximum atomic E-state index is 6.45. The van der Waals surface area contributed by atoms with Crippen LogP contribution in [-0.2, 0) is 0 Å². The highest BCUT2D eigenvalue weighted by Crippen LogP contribution is 2.42. The number of rotatable bonds is 2. The number of nitrogens with one attached hydrogen (secondary N) is 1. The van der Waals surface area contributed by atoms with E-state index in [1.165, 1.54) is 12.8 Å². The van der Waals surface area contributed by atoms with E-state index in [1.807, 2.05) is 22.9 Å². The molecular formula is C18H15ClN3O+. The second-order valence-electron chi connectivity index (χ2n) is 5.63. The first kappa shape index (κ1) is 14.1. The minimum absolute atomic E-state index is 0.549. The van der Waals surface area contributed by atoms with Crippen LogP contribution in [-0.4, -0.2) is 23.0 Å². The number of hydrogen-bond acceptors (Lipinski definition) is 3. The predicted molar refractivity (Wildman–Crippen MR) is 90.6 cm³/mol. The van der Waals surface area contributed by atoms with Gasteiger partial charge in [-0.15, -0.1) is 0 Å². The Kier molecular flexibility index (Phi) is 3.44. The normalized spacial score (nSPS) is 16.7. The fraction of sp³-hybridized carbons (Fsp3) is 0.222. The molecule has 0 bridgehead atoms. The monoisotopic (exact) mass is 324 g/mol. The number of pyridine rings is 1. The van der Waals surface area contributed by atoms with Crippen LogP contribution in [0.5, 0.6) is 5.88 Å². The molecular weight excluding hydrogens is 310 g/mol. The van der Waals surface area contributed by atoms with Gasteiger partial charge in [0.05, 0.1) is 12.1 Å². The third kappa shape index (κ3) is 2.76. The Bertz CT molecular complexity index is 876. The van der Waals surface area contributed by atoms with Crippen LogP contribution in [0.2, 0.25) is 5.02 Å². The second-order valence-corrected chi connectivity index (χ2v) is 6.00. The molecule has 2 aliphatic rings. The lowest BCUT2D eigenvalue weighted by molar-refractivity contribution is -0.424. The zero-order valence-electron chi connectivity index (χ0n) is 12.6. The average Bonchev–Trinajstić information content (AvgIpc) is 3.37. The van der Waals surface area contributed by atoms with Gasteiger partial charge in [-0.05, 0) is 25.0 Å². The van der Waals surface area contributed by atoms with Gasteiger partial charge >= 0.3 is 0 Å². The van der Waals surface area contributed by atoms with Crippen molar-refractivity contribution in [3.63, 3.8) is 0 Å². The van der Waals surface area contributed by atoms with Crippen LogP contribution >= 0.6 is 11.6 Å². The van der Waals surface area contributed by atoms with Crippen LogP contribution in [0.1, 0.15) is 24.0 Å². The fourth-order valence-electron chi connectivity index (χ4n) is 2.41. The Labute approximate surface area is 139 Å². The van der Waals surface area contributed by atoms with E-state index in [4.69, 9.17) is 16.3 Å². The van der Waals surface area contributed by atoms with Crippen molar-refractivity contribution in [3.05, 3.63) is 46.6 Å². The number of anilines is 1. The van der Waals surface area contributed by atoms with Crippen molar-refractivity contribution in [1.29, 1.82) is 0 Å². The first-order valence-electron chi connectivity index (χ1n) is 7.50. The summed E-state index contributed by atoms with van der Waals surface area (Å²) in [6, 6.07) is 7.65. The van der Waals surface area contributed by atoms with Gasteiger partial charge < -0.3 is 4.74 Å². The van der Waals surface area contributed by atoms with Crippen LogP contribution < -0.4 is 10.2 Å². The molecule has 2 heterocycles. The highest BCUT2D eigenvalue weighted by atomic mass is 35.5. The van der Waals surface area contributed by atoms with E-state index in [0.717, 1.165) is 22.5 Å². The number of hydrazone groups is 1. The summed E-state index contributed by atoms with van der Waals surface area (Å²) in [4.78, 5) is 4.07. The number of aromatic nitrogens is 1. The smallest absolute Gasteiger partial charge is 0.265 e. The summed E-state index contributed by atoms with van der Waals surface area (Å²) in [6.07, 6.45) is 6.45. The van der Waals surface area contributed by atoms with Crippen molar-refractivity contribution in [3.8, 4) is 17.7 Å². The van der Waals surface area contributed by atoms with Gasteiger partial charge in [-0.25, -0.2) is 4.98 Å². The highest BCUT2D eigenvalue weighted by molar-refractivity contribution is 6.35. The Balaban J connectivity index is 1.61. The summed E-state index contributed by atoms with van der Waals surface area (Å²) < 4.78 is 7.14. The largest absolute Gasteiger partial charge is 0.481 e. The lowest BCUT2D eigenvalue weighted by Crippen LogP contribution is -2.26. The minimum Gasteiger partial charge on any atom is -0.481 e. The Morgan fingerprint density at radius 2 is 2.22 bits per heavy atom. The lowest BCUT2D eigenvalue weighted by atomic mass is 10.1. The molecule has 0 atom stereocenters. The summed E-state index contributed by atoms with van der Waals surface area (Å²) in [5, 5.41) is 0.663. The van der Waals surface area contributed by atoms with E-state index < -0.39 is 0 Å². The van der Waals surface area contributed by atoms with Crippen molar-refractivity contribution >= 4 is 29.2 Å². The second kappa shape index (κ2) is 5.60. The van der Waals surface area contributed by atoms with Crippen LogP contribution in [0, 0.1) is 17.8 Å². The van der Waals surface area contributed by atoms with Gasteiger partial charge in [0.1, 0.15) is 0 Å². The molecule has 1 fully saturated rings. The molecule has 1 saturated carbocycles. The number of hydrogen-bond donors (Lipinski definition) is 1. The van der Waals surface area contributed by atoms with Gasteiger partial charge in [-0.3, -0.25) is 0 Å². The maximum absolute atomic E-state index is 6.45.